The highest BCUT2D eigenvalue weighted by atomic mass is 79.9. The Bertz CT molecular complexity index is 304. The molecule has 1 nitrogen and oxygen atoms in total. The van der Waals surface area contributed by atoms with Crippen molar-refractivity contribution in [1.29, 1.82) is 0 Å². The second-order valence-corrected chi connectivity index (χ2v) is 4.64. The van der Waals surface area contributed by atoms with E-state index < -0.39 is 0 Å². The molecule has 0 aliphatic carbocycles. The minimum absolute atomic E-state index is 0.449. The van der Waals surface area contributed by atoms with Gasteiger partial charge in [-0.3, -0.25) is 0 Å². The van der Waals surface area contributed by atoms with Gasteiger partial charge in [0.25, 0.3) is 0 Å². The Hall–Kier alpha value is 0.0800. The lowest BCUT2D eigenvalue weighted by atomic mass is 10.2. The molecule has 0 saturated heterocycles. The standard InChI is InChI=1S/C10H11BrCl2O/c1-7(5-11)6-14-10-4-8(12)2-3-9(10)13/h2-4,7H,5-6H2,1H3. The van der Waals surface area contributed by atoms with Crippen molar-refractivity contribution < 1.29 is 4.74 Å². The molecule has 78 valence electrons. The molecule has 1 atom stereocenters. The van der Waals surface area contributed by atoms with Crippen LogP contribution in [-0.4, -0.2) is 11.9 Å². The number of rotatable bonds is 4. The van der Waals surface area contributed by atoms with Gasteiger partial charge in [-0.05, 0) is 18.1 Å². The summed E-state index contributed by atoms with van der Waals surface area (Å²) in [5, 5.41) is 2.14. The molecular formula is C10H11BrCl2O. The predicted octanol–water partition coefficient (Wildman–Crippen LogP) is 4.40. The zero-order valence-electron chi connectivity index (χ0n) is 7.77. The van der Waals surface area contributed by atoms with Gasteiger partial charge in [0.2, 0.25) is 0 Å². The average Bonchev–Trinajstić information content (AvgIpc) is 2.19. The van der Waals surface area contributed by atoms with E-state index in [2.05, 4.69) is 22.9 Å². The first kappa shape index (κ1) is 12.2. The molecule has 0 N–H and O–H groups in total. The summed E-state index contributed by atoms with van der Waals surface area (Å²) in [5.74, 6) is 1.09. The van der Waals surface area contributed by atoms with Crippen molar-refractivity contribution in [1.82, 2.24) is 0 Å². The Kier molecular flexibility index (Phi) is 5.07. The van der Waals surface area contributed by atoms with E-state index in [9.17, 15) is 0 Å². The van der Waals surface area contributed by atoms with Crippen LogP contribution in [0.4, 0.5) is 0 Å². The second-order valence-electron chi connectivity index (χ2n) is 3.15. The minimum Gasteiger partial charge on any atom is -0.492 e. The van der Waals surface area contributed by atoms with Crippen molar-refractivity contribution >= 4 is 39.1 Å². The fourth-order valence-electron chi connectivity index (χ4n) is 0.864. The number of benzene rings is 1. The van der Waals surface area contributed by atoms with E-state index >= 15 is 0 Å². The van der Waals surface area contributed by atoms with Crippen molar-refractivity contribution in [3.8, 4) is 5.75 Å². The number of halogens is 3. The molecule has 4 heteroatoms. The molecule has 0 aliphatic heterocycles. The molecule has 0 spiro atoms. The van der Waals surface area contributed by atoms with E-state index in [4.69, 9.17) is 27.9 Å². The largest absolute Gasteiger partial charge is 0.492 e. The van der Waals surface area contributed by atoms with Gasteiger partial charge in [-0.15, -0.1) is 0 Å². The molecule has 1 unspecified atom stereocenters. The lowest BCUT2D eigenvalue weighted by Gasteiger charge is -2.11. The van der Waals surface area contributed by atoms with Crippen molar-refractivity contribution in [2.75, 3.05) is 11.9 Å². The third-order valence-corrected chi connectivity index (χ3v) is 3.33. The smallest absolute Gasteiger partial charge is 0.139 e. The maximum atomic E-state index is 5.93. The maximum absolute atomic E-state index is 5.93. The zero-order valence-corrected chi connectivity index (χ0v) is 10.9. The van der Waals surface area contributed by atoms with E-state index in [1.807, 2.05) is 0 Å². The lowest BCUT2D eigenvalue weighted by Crippen LogP contribution is -2.09. The summed E-state index contributed by atoms with van der Waals surface area (Å²) >= 11 is 15.1. The molecule has 1 rings (SSSR count). The molecule has 0 heterocycles. The Balaban J connectivity index is 2.62. The summed E-state index contributed by atoms with van der Waals surface area (Å²) in [4.78, 5) is 0. The van der Waals surface area contributed by atoms with Crippen molar-refractivity contribution in [3.63, 3.8) is 0 Å². The fourth-order valence-corrected chi connectivity index (χ4v) is 1.39. The molecule has 14 heavy (non-hydrogen) atoms. The number of hydrogen-bond acceptors (Lipinski definition) is 1. The molecule has 0 saturated carbocycles. The van der Waals surface area contributed by atoms with Crippen LogP contribution in [-0.2, 0) is 0 Å². The monoisotopic (exact) mass is 296 g/mol. The summed E-state index contributed by atoms with van der Waals surface area (Å²) in [5.41, 5.74) is 0. The van der Waals surface area contributed by atoms with Crippen LogP contribution in [0, 0.1) is 5.92 Å². The van der Waals surface area contributed by atoms with Crippen LogP contribution >= 0.6 is 39.1 Å². The van der Waals surface area contributed by atoms with Crippen LogP contribution in [0.3, 0.4) is 0 Å². The summed E-state index contributed by atoms with van der Waals surface area (Å²) in [6.45, 7) is 2.72. The first-order chi connectivity index (χ1) is 6.63. The minimum atomic E-state index is 0.449. The molecule has 1 aromatic carbocycles. The summed E-state index contributed by atoms with van der Waals surface area (Å²) in [7, 11) is 0. The summed E-state index contributed by atoms with van der Waals surface area (Å²) < 4.78 is 5.52. The molecule has 1 aromatic rings. The van der Waals surface area contributed by atoms with Crippen LogP contribution < -0.4 is 4.74 Å². The molecular weight excluding hydrogens is 287 g/mol. The predicted molar refractivity (Wildman–Crippen MR) is 64.9 cm³/mol. The van der Waals surface area contributed by atoms with E-state index in [1.54, 1.807) is 18.2 Å². The lowest BCUT2D eigenvalue weighted by molar-refractivity contribution is 0.274. The molecule has 0 amide bonds. The topological polar surface area (TPSA) is 9.23 Å². The summed E-state index contributed by atoms with van der Waals surface area (Å²) in [6.07, 6.45) is 0. The SMILES string of the molecule is CC(CBr)COc1cc(Cl)ccc1Cl. The molecule has 0 fully saturated rings. The quantitative estimate of drug-likeness (QED) is 0.748. The van der Waals surface area contributed by atoms with Gasteiger partial charge in [0.15, 0.2) is 0 Å². The second kappa shape index (κ2) is 5.84. The normalized spacial score (nSPS) is 12.6. The highest BCUT2D eigenvalue weighted by molar-refractivity contribution is 9.09. The van der Waals surface area contributed by atoms with Gasteiger partial charge in [-0.1, -0.05) is 46.1 Å². The third-order valence-electron chi connectivity index (χ3n) is 1.68. The van der Waals surface area contributed by atoms with Crippen LogP contribution in [0.5, 0.6) is 5.75 Å². The zero-order chi connectivity index (χ0) is 10.6. The van der Waals surface area contributed by atoms with Crippen LogP contribution in [0.25, 0.3) is 0 Å². The Morgan fingerprint density at radius 3 is 2.79 bits per heavy atom. The molecule has 0 aliphatic rings. The number of ether oxygens (including phenoxy) is 1. The van der Waals surface area contributed by atoms with Crippen molar-refractivity contribution in [3.05, 3.63) is 28.2 Å². The third kappa shape index (κ3) is 3.68. The summed E-state index contributed by atoms with van der Waals surface area (Å²) in [6, 6.07) is 5.20. The van der Waals surface area contributed by atoms with Crippen LogP contribution in [0.15, 0.2) is 18.2 Å². The number of hydrogen-bond donors (Lipinski definition) is 0. The van der Waals surface area contributed by atoms with Gasteiger partial charge in [0, 0.05) is 16.4 Å². The first-order valence-electron chi connectivity index (χ1n) is 4.27. The van der Waals surface area contributed by atoms with E-state index in [1.165, 1.54) is 0 Å². The Labute approximate surface area is 102 Å². The van der Waals surface area contributed by atoms with Gasteiger partial charge in [0.1, 0.15) is 5.75 Å². The van der Waals surface area contributed by atoms with Gasteiger partial charge in [-0.25, -0.2) is 0 Å². The van der Waals surface area contributed by atoms with E-state index in [0.717, 1.165) is 5.33 Å². The van der Waals surface area contributed by atoms with Crippen molar-refractivity contribution in [2.24, 2.45) is 5.92 Å². The fraction of sp³-hybridized carbons (Fsp3) is 0.400. The molecule has 0 aromatic heterocycles. The van der Waals surface area contributed by atoms with Crippen LogP contribution in [0.2, 0.25) is 10.0 Å². The van der Waals surface area contributed by atoms with Gasteiger partial charge in [0.05, 0.1) is 11.6 Å². The molecule has 0 radical (unpaired) electrons. The van der Waals surface area contributed by atoms with Gasteiger partial charge < -0.3 is 4.74 Å². The highest BCUT2D eigenvalue weighted by Crippen LogP contribution is 2.28. The number of alkyl halides is 1. The van der Waals surface area contributed by atoms with E-state index in [-0.39, 0.29) is 0 Å². The average molecular weight is 298 g/mol. The first-order valence-corrected chi connectivity index (χ1v) is 6.15. The highest BCUT2D eigenvalue weighted by Gasteiger charge is 2.05. The molecule has 0 bridgehead atoms. The Morgan fingerprint density at radius 1 is 1.43 bits per heavy atom. The Morgan fingerprint density at radius 2 is 2.14 bits per heavy atom. The van der Waals surface area contributed by atoms with E-state index in [0.29, 0.717) is 28.3 Å². The maximum Gasteiger partial charge on any atom is 0.139 e. The van der Waals surface area contributed by atoms with Crippen LogP contribution in [0.1, 0.15) is 6.92 Å². The van der Waals surface area contributed by atoms with Gasteiger partial charge >= 0.3 is 0 Å². The van der Waals surface area contributed by atoms with Crippen molar-refractivity contribution in [2.45, 2.75) is 6.92 Å². The van der Waals surface area contributed by atoms with Gasteiger partial charge in [-0.2, -0.15) is 0 Å².